The maximum Gasteiger partial charge on any atom is 0.227 e. The number of hydrogen-bond donors (Lipinski definition) is 0. The van der Waals surface area contributed by atoms with E-state index in [1.165, 1.54) is 5.69 Å². The summed E-state index contributed by atoms with van der Waals surface area (Å²) in [5.41, 5.74) is 3.44. The molecule has 158 valence electrons. The summed E-state index contributed by atoms with van der Waals surface area (Å²) in [5, 5.41) is 0. The number of amides is 1. The minimum Gasteiger partial charge on any atom is -0.493 e. The van der Waals surface area contributed by atoms with Crippen molar-refractivity contribution in [3.8, 4) is 5.75 Å². The second kappa shape index (κ2) is 9.81. The molecule has 0 radical (unpaired) electrons. The topological polar surface area (TPSA) is 36.0 Å². The predicted octanol–water partition coefficient (Wildman–Crippen LogP) is 3.74. The molecule has 2 aromatic carbocycles. The first-order chi connectivity index (χ1) is 14.8. The Balaban J connectivity index is 1.25. The van der Waals surface area contributed by atoms with E-state index in [9.17, 15) is 4.79 Å². The molecule has 0 saturated carbocycles. The van der Waals surface area contributed by atoms with Crippen molar-refractivity contribution in [2.75, 3.05) is 55.7 Å². The van der Waals surface area contributed by atoms with E-state index in [-0.39, 0.29) is 5.91 Å². The number of anilines is 2. The van der Waals surface area contributed by atoms with Gasteiger partial charge in [-0.3, -0.25) is 9.69 Å². The highest BCUT2D eigenvalue weighted by molar-refractivity contribution is 5.97. The van der Waals surface area contributed by atoms with Crippen LogP contribution in [-0.4, -0.2) is 56.7 Å². The summed E-state index contributed by atoms with van der Waals surface area (Å²) in [4.78, 5) is 19.0. The van der Waals surface area contributed by atoms with Gasteiger partial charge in [0.2, 0.25) is 5.91 Å². The summed E-state index contributed by atoms with van der Waals surface area (Å²) < 4.78 is 6.15. The molecule has 5 heteroatoms. The molecule has 0 aromatic heterocycles. The number of ether oxygens (including phenoxy) is 1. The van der Waals surface area contributed by atoms with Crippen molar-refractivity contribution in [1.82, 2.24) is 4.90 Å². The number of piperazine rings is 1. The number of hydrogen-bond acceptors (Lipinski definition) is 4. The summed E-state index contributed by atoms with van der Waals surface area (Å²) in [6, 6.07) is 16.7. The molecule has 2 aliphatic rings. The number of benzene rings is 2. The van der Waals surface area contributed by atoms with Gasteiger partial charge in [-0.05, 0) is 37.1 Å². The molecule has 5 nitrogen and oxygen atoms in total. The maximum atomic E-state index is 12.2. The Labute approximate surface area is 179 Å². The third-order valence-electron chi connectivity index (χ3n) is 5.97. The van der Waals surface area contributed by atoms with Gasteiger partial charge in [0.05, 0.1) is 12.3 Å². The highest BCUT2D eigenvalue weighted by atomic mass is 16.5. The van der Waals surface area contributed by atoms with Gasteiger partial charge in [-0.15, -0.1) is 6.58 Å². The molecule has 2 heterocycles. The van der Waals surface area contributed by atoms with Crippen molar-refractivity contribution in [1.29, 1.82) is 0 Å². The first kappa shape index (κ1) is 20.5. The molecule has 1 amide bonds. The molecular formula is C25H31N3O2. The average molecular weight is 406 g/mol. The largest absolute Gasteiger partial charge is 0.493 e. The smallest absolute Gasteiger partial charge is 0.227 e. The number of nitrogens with zero attached hydrogens (tertiary/aromatic N) is 3. The summed E-state index contributed by atoms with van der Waals surface area (Å²) in [5.74, 6) is 1.08. The van der Waals surface area contributed by atoms with Crippen molar-refractivity contribution in [3.63, 3.8) is 0 Å². The van der Waals surface area contributed by atoms with Gasteiger partial charge in [-0.2, -0.15) is 0 Å². The molecule has 0 aliphatic carbocycles. The van der Waals surface area contributed by atoms with Crippen molar-refractivity contribution < 1.29 is 9.53 Å². The lowest BCUT2D eigenvalue weighted by Gasteiger charge is -2.36. The van der Waals surface area contributed by atoms with Crippen LogP contribution < -0.4 is 14.5 Å². The fraction of sp³-hybridized carbons (Fsp3) is 0.400. The fourth-order valence-electron chi connectivity index (χ4n) is 4.36. The predicted molar refractivity (Wildman–Crippen MR) is 123 cm³/mol. The Bertz CT molecular complexity index is 860. The molecule has 1 fully saturated rings. The normalized spacial score (nSPS) is 17.0. The van der Waals surface area contributed by atoms with Crippen LogP contribution in [0.2, 0.25) is 0 Å². The van der Waals surface area contributed by atoms with E-state index >= 15 is 0 Å². The average Bonchev–Trinajstić information content (AvgIpc) is 2.80. The Kier molecular flexibility index (Phi) is 6.70. The molecule has 0 spiro atoms. The first-order valence-electron chi connectivity index (χ1n) is 10.9. The van der Waals surface area contributed by atoms with Crippen LogP contribution >= 0.6 is 0 Å². The van der Waals surface area contributed by atoms with Crippen molar-refractivity contribution in [2.45, 2.75) is 19.3 Å². The van der Waals surface area contributed by atoms with Gasteiger partial charge in [0, 0.05) is 56.9 Å². The van der Waals surface area contributed by atoms with Crippen LogP contribution in [0, 0.1) is 0 Å². The molecule has 0 bridgehead atoms. The first-order valence-corrected chi connectivity index (χ1v) is 10.9. The van der Waals surface area contributed by atoms with E-state index in [1.807, 2.05) is 23.1 Å². The monoisotopic (exact) mass is 405 g/mol. The maximum absolute atomic E-state index is 12.2. The van der Waals surface area contributed by atoms with Gasteiger partial charge in [0.25, 0.3) is 0 Å². The zero-order valence-corrected chi connectivity index (χ0v) is 17.6. The number of para-hydroxylation sites is 1. The van der Waals surface area contributed by atoms with E-state index in [0.717, 1.165) is 62.6 Å². The van der Waals surface area contributed by atoms with Crippen LogP contribution in [0.5, 0.6) is 5.75 Å². The lowest BCUT2D eigenvalue weighted by molar-refractivity contribution is -0.118. The molecule has 1 saturated heterocycles. The quantitative estimate of drug-likeness (QED) is 0.495. The van der Waals surface area contributed by atoms with Gasteiger partial charge in [0.1, 0.15) is 5.75 Å². The van der Waals surface area contributed by atoms with Crippen LogP contribution in [0.25, 0.3) is 0 Å². The zero-order valence-electron chi connectivity index (χ0n) is 17.6. The lowest BCUT2D eigenvalue weighted by Crippen LogP contribution is -2.46. The van der Waals surface area contributed by atoms with Crippen LogP contribution in [0.3, 0.4) is 0 Å². The van der Waals surface area contributed by atoms with E-state index < -0.39 is 0 Å². The number of carbonyl (C=O) groups is 1. The number of rotatable bonds is 8. The van der Waals surface area contributed by atoms with Crippen LogP contribution in [-0.2, 0) is 11.2 Å². The Morgan fingerprint density at radius 3 is 2.53 bits per heavy atom. The van der Waals surface area contributed by atoms with Crippen LogP contribution in [0.4, 0.5) is 11.4 Å². The van der Waals surface area contributed by atoms with Crippen molar-refractivity contribution in [2.24, 2.45) is 0 Å². The standard InChI is InChI=1S/C25H31N3O2/c1-2-14-28-23-10-6-11-24(22(23)12-13-25(28)29)30-20-7-15-26-16-18-27(19-17-26)21-8-4-3-5-9-21/h2-6,8-11H,1,7,12-20H2. The van der Waals surface area contributed by atoms with E-state index in [4.69, 9.17) is 4.74 Å². The van der Waals surface area contributed by atoms with Crippen molar-refractivity contribution >= 4 is 17.3 Å². The van der Waals surface area contributed by atoms with Crippen LogP contribution in [0.1, 0.15) is 18.4 Å². The third-order valence-corrected chi connectivity index (χ3v) is 5.97. The van der Waals surface area contributed by atoms with Gasteiger partial charge < -0.3 is 14.5 Å². The summed E-state index contributed by atoms with van der Waals surface area (Å²) >= 11 is 0. The Hall–Kier alpha value is -2.79. The second-order valence-corrected chi connectivity index (χ2v) is 7.91. The van der Waals surface area contributed by atoms with E-state index in [0.29, 0.717) is 19.6 Å². The molecule has 0 unspecified atom stereocenters. The Morgan fingerprint density at radius 1 is 0.967 bits per heavy atom. The van der Waals surface area contributed by atoms with Gasteiger partial charge in [-0.1, -0.05) is 30.3 Å². The molecule has 0 N–H and O–H groups in total. The molecule has 2 aliphatic heterocycles. The van der Waals surface area contributed by atoms with Crippen LogP contribution in [0.15, 0.2) is 61.2 Å². The molecular weight excluding hydrogens is 374 g/mol. The van der Waals surface area contributed by atoms with E-state index in [2.05, 4.69) is 46.7 Å². The third kappa shape index (κ3) is 4.68. The molecule has 2 aromatic rings. The number of fused-ring (bicyclic) bond motifs is 1. The minimum atomic E-state index is 0.161. The van der Waals surface area contributed by atoms with E-state index in [1.54, 1.807) is 6.08 Å². The fourth-order valence-corrected chi connectivity index (χ4v) is 4.36. The van der Waals surface area contributed by atoms with Gasteiger partial charge in [0.15, 0.2) is 0 Å². The second-order valence-electron chi connectivity index (χ2n) is 7.91. The van der Waals surface area contributed by atoms with Crippen molar-refractivity contribution in [3.05, 3.63) is 66.7 Å². The highest BCUT2D eigenvalue weighted by Gasteiger charge is 2.25. The Morgan fingerprint density at radius 2 is 1.77 bits per heavy atom. The zero-order chi connectivity index (χ0) is 20.8. The van der Waals surface area contributed by atoms with Gasteiger partial charge >= 0.3 is 0 Å². The molecule has 0 atom stereocenters. The minimum absolute atomic E-state index is 0.161. The lowest BCUT2D eigenvalue weighted by atomic mass is 10.00. The summed E-state index contributed by atoms with van der Waals surface area (Å²) in [6.07, 6.45) is 4.06. The summed E-state index contributed by atoms with van der Waals surface area (Å²) in [6.45, 7) is 10.4. The number of carbonyl (C=O) groups excluding carboxylic acids is 1. The highest BCUT2D eigenvalue weighted by Crippen LogP contribution is 2.34. The molecule has 4 rings (SSSR count). The van der Waals surface area contributed by atoms with Gasteiger partial charge in [-0.25, -0.2) is 0 Å². The SMILES string of the molecule is C=CCN1C(=O)CCc2c(OCCCN3CCN(c4ccccc4)CC3)cccc21. The summed E-state index contributed by atoms with van der Waals surface area (Å²) in [7, 11) is 0. The molecule has 30 heavy (non-hydrogen) atoms.